The SMILES string of the molecule is CC(NC(=O)c1cccc(I)c1)C(=O)N1CCOCC1. The van der Waals surface area contributed by atoms with E-state index in [-0.39, 0.29) is 11.8 Å². The molecule has 0 aromatic heterocycles. The van der Waals surface area contributed by atoms with Gasteiger partial charge in [-0.3, -0.25) is 9.59 Å². The fourth-order valence-electron chi connectivity index (χ4n) is 2.03. The molecule has 0 aliphatic carbocycles. The summed E-state index contributed by atoms with van der Waals surface area (Å²) in [6.45, 7) is 4.00. The van der Waals surface area contributed by atoms with E-state index in [1.807, 2.05) is 12.1 Å². The fourth-order valence-corrected chi connectivity index (χ4v) is 2.57. The summed E-state index contributed by atoms with van der Waals surface area (Å²) in [5, 5.41) is 2.75. The molecule has 0 bridgehead atoms. The van der Waals surface area contributed by atoms with Gasteiger partial charge in [-0.1, -0.05) is 6.07 Å². The minimum Gasteiger partial charge on any atom is -0.378 e. The number of carbonyl (C=O) groups is 2. The van der Waals surface area contributed by atoms with Gasteiger partial charge < -0.3 is 15.0 Å². The van der Waals surface area contributed by atoms with E-state index in [0.29, 0.717) is 31.9 Å². The van der Waals surface area contributed by atoms with E-state index in [1.165, 1.54) is 0 Å². The zero-order valence-corrected chi connectivity index (χ0v) is 13.4. The second kappa shape index (κ2) is 7.03. The highest BCUT2D eigenvalue weighted by Crippen LogP contribution is 2.08. The molecule has 1 aromatic rings. The van der Waals surface area contributed by atoms with Crippen molar-refractivity contribution in [2.45, 2.75) is 13.0 Å². The van der Waals surface area contributed by atoms with Crippen LogP contribution in [0.5, 0.6) is 0 Å². The van der Waals surface area contributed by atoms with Gasteiger partial charge in [0.2, 0.25) is 5.91 Å². The molecule has 2 rings (SSSR count). The lowest BCUT2D eigenvalue weighted by Crippen LogP contribution is -2.50. The number of halogens is 1. The third-order valence-corrected chi connectivity index (χ3v) is 3.80. The van der Waals surface area contributed by atoms with Crippen LogP contribution >= 0.6 is 22.6 Å². The third-order valence-electron chi connectivity index (χ3n) is 3.13. The van der Waals surface area contributed by atoms with Gasteiger partial charge in [0.25, 0.3) is 5.91 Å². The van der Waals surface area contributed by atoms with E-state index >= 15 is 0 Å². The van der Waals surface area contributed by atoms with Crippen LogP contribution < -0.4 is 5.32 Å². The van der Waals surface area contributed by atoms with Crippen molar-refractivity contribution in [3.8, 4) is 0 Å². The highest BCUT2D eigenvalue weighted by atomic mass is 127. The fraction of sp³-hybridized carbons (Fsp3) is 0.429. The molecule has 20 heavy (non-hydrogen) atoms. The molecule has 5 nitrogen and oxygen atoms in total. The van der Waals surface area contributed by atoms with E-state index in [9.17, 15) is 9.59 Å². The second-order valence-electron chi connectivity index (χ2n) is 4.64. The van der Waals surface area contributed by atoms with Crippen LogP contribution in [0, 0.1) is 3.57 Å². The summed E-state index contributed by atoms with van der Waals surface area (Å²) in [5.74, 6) is -0.287. The van der Waals surface area contributed by atoms with Crippen LogP contribution in [-0.2, 0) is 9.53 Å². The normalized spacial score (nSPS) is 16.6. The number of morpholine rings is 1. The quantitative estimate of drug-likeness (QED) is 0.794. The van der Waals surface area contributed by atoms with Crippen molar-refractivity contribution >= 4 is 34.4 Å². The Morgan fingerprint density at radius 2 is 2.05 bits per heavy atom. The van der Waals surface area contributed by atoms with E-state index in [4.69, 9.17) is 4.74 Å². The number of nitrogens with one attached hydrogen (secondary N) is 1. The first-order valence-corrected chi connectivity index (χ1v) is 7.59. The lowest BCUT2D eigenvalue weighted by molar-refractivity contribution is -0.136. The van der Waals surface area contributed by atoms with Crippen LogP contribution in [0.4, 0.5) is 0 Å². The average molecular weight is 388 g/mol. The van der Waals surface area contributed by atoms with Crippen molar-refractivity contribution in [1.82, 2.24) is 10.2 Å². The zero-order valence-electron chi connectivity index (χ0n) is 11.3. The Hall–Kier alpha value is -1.15. The third kappa shape index (κ3) is 3.92. The molecule has 1 N–H and O–H groups in total. The average Bonchev–Trinajstić information content (AvgIpc) is 2.47. The molecule has 1 saturated heterocycles. The van der Waals surface area contributed by atoms with Gasteiger partial charge in [-0.15, -0.1) is 0 Å². The molecule has 108 valence electrons. The predicted octanol–water partition coefficient (Wildman–Crippen LogP) is 1.27. The summed E-state index contributed by atoms with van der Waals surface area (Å²) in [6, 6.07) is 6.74. The first kappa shape index (κ1) is 15.2. The maximum atomic E-state index is 12.2. The van der Waals surface area contributed by atoms with Gasteiger partial charge in [0.15, 0.2) is 0 Å². The number of ether oxygens (including phenoxy) is 1. The van der Waals surface area contributed by atoms with Gasteiger partial charge in [-0.25, -0.2) is 0 Å². The maximum absolute atomic E-state index is 12.2. The van der Waals surface area contributed by atoms with Crippen molar-refractivity contribution in [2.75, 3.05) is 26.3 Å². The summed E-state index contributed by atoms with van der Waals surface area (Å²) in [5.41, 5.74) is 0.568. The molecule has 0 spiro atoms. The maximum Gasteiger partial charge on any atom is 0.251 e. The summed E-state index contributed by atoms with van der Waals surface area (Å²) in [4.78, 5) is 26.0. The Labute approximate surface area is 131 Å². The van der Waals surface area contributed by atoms with E-state index < -0.39 is 6.04 Å². The van der Waals surface area contributed by atoms with Gasteiger partial charge >= 0.3 is 0 Å². The number of hydrogen-bond acceptors (Lipinski definition) is 3. The van der Waals surface area contributed by atoms with Gasteiger partial charge in [0, 0.05) is 22.2 Å². The van der Waals surface area contributed by atoms with E-state index in [0.717, 1.165) is 3.57 Å². The molecule has 6 heteroatoms. The molecule has 1 heterocycles. The molecule has 1 aromatic carbocycles. The number of hydrogen-bond donors (Lipinski definition) is 1. The molecule has 1 aliphatic rings. The minimum absolute atomic E-state index is 0.0627. The molecule has 1 fully saturated rings. The van der Waals surface area contributed by atoms with Crippen molar-refractivity contribution in [2.24, 2.45) is 0 Å². The van der Waals surface area contributed by atoms with E-state index in [2.05, 4.69) is 27.9 Å². The first-order valence-electron chi connectivity index (χ1n) is 6.51. The number of nitrogens with zero attached hydrogens (tertiary/aromatic N) is 1. The Bertz CT molecular complexity index is 501. The van der Waals surface area contributed by atoms with Crippen molar-refractivity contribution < 1.29 is 14.3 Å². The monoisotopic (exact) mass is 388 g/mol. The van der Waals surface area contributed by atoms with Crippen LogP contribution in [0.25, 0.3) is 0 Å². The van der Waals surface area contributed by atoms with Crippen molar-refractivity contribution in [3.05, 3.63) is 33.4 Å². The zero-order chi connectivity index (χ0) is 14.5. The van der Waals surface area contributed by atoms with Crippen LogP contribution in [0.1, 0.15) is 17.3 Å². The number of carbonyl (C=O) groups excluding carboxylic acids is 2. The Kier molecular flexibility index (Phi) is 5.36. The molecule has 0 radical (unpaired) electrons. The summed E-state index contributed by atoms with van der Waals surface area (Å²) < 4.78 is 6.20. The summed E-state index contributed by atoms with van der Waals surface area (Å²) >= 11 is 2.15. The van der Waals surface area contributed by atoms with Gasteiger partial charge in [0.1, 0.15) is 6.04 Å². The largest absolute Gasteiger partial charge is 0.378 e. The Balaban J connectivity index is 1.94. The van der Waals surface area contributed by atoms with Crippen LogP contribution in [0.15, 0.2) is 24.3 Å². The Morgan fingerprint density at radius 3 is 2.70 bits per heavy atom. The van der Waals surface area contributed by atoms with Crippen LogP contribution in [0.2, 0.25) is 0 Å². The molecule has 1 unspecified atom stereocenters. The topological polar surface area (TPSA) is 58.6 Å². The number of benzene rings is 1. The Morgan fingerprint density at radius 1 is 1.35 bits per heavy atom. The highest BCUT2D eigenvalue weighted by molar-refractivity contribution is 14.1. The predicted molar refractivity (Wildman–Crippen MR) is 83.5 cm³/mol. The molecule has 0 saturated carbocycles. The van der Waals surface area contributed by atoms with Crippen molar-refractivity contribution in [3.63, 3.8) is 0 Å². The van der Waals surface area contributed by atoms with Gasteiger partial charge in [0.05, 0.1) is 13.2 Å². The first-order chi connectivity index (χ1) is 9.58. The van der Waals surface area contributed by atoms with Gasteiger partial charge in [-0.05, 0) is 47.7 Å². The van der Waals surface area contributed by atoms with Crippen molar-refractivity contribution in [1.29, 1.82) is 0 Å². The number of rotatable bonds is 3. The number of amides is 2. The lowest BCUT2D eigenvalue weighted by atomic mass is 10.2. The summed E-state index contributed by atoms with van der Waals surface area (Å²) in [6.07, 6.45) is 0. The molecule has 1 aliphatic heterocycles. The lowest BCUT2D eigenvalue weighted by Gasteiger charge is -2.29. The molecular weight excluding hydrogens is 371 g/mol. The molecule has 1 atom stereocenters. The second-order valence-corrected chi connectivity index (χ2v) is 5.89. The minimum atomic E-state index is -0.529. The van der Waals surface area contributed by atoms with E-state index in [1.54, 1.807) is 24.0 Å². The summed E-state index contributed by atoms with van der Waals surface area (Å²) in [7, 11) is 0. The standard InChI is InChI=1S/C14H17IN2O3/c1-10(14(19)17-5-7-20-8-6-17)16-13(18)11-3-2-4-12(15)9-11/h2-4,9-10H,5-8H2,1H3,(H,16,18). The van der Waals surface area contributed by atoms with Crippen LogP contribution in [0.3, 0.4) is 0 Å². The highest BCUT2D eigenvalue weighted by Gasteiger charge is 2.23. The molecule has 2 amide bonds. The van der Waals surface area contributed by atoms with Crippen LogP contribution in [-0.4, -0.2) is 49.1 Å². The van der Waals surface area contributed by atoms with Gasteiger partial charge in [-0.2, -0.15) is 0 Å². The molecular formula is C14H17IN2O3. The smallest absolute Gasteiger partial charge is 0.251 e.